The zero-order chi connectivity index (χ0) is 12.5. The fourth-order valence-electron chi connectivity index (χ4n) is 1.24. The molecular weight excluding hydrogens is 336 g/mol. The summed E-state index contributed by atoms with van der Waals surface area (Å²) < 4.78 is 18.2. The molecule has 0 aliphatic rings. The van der Waals surface area contributed by atoms with Crippen LogP contribution in [0.2, 0.25) is 0 Å². The van der Waals surface area contributed by atoms with Crippen molar-refractivity contribution in [3.05, 3.63) is 66.0 Å². The van der Waals surface area contributed by atoms with E-state index in [1.807, 2.05) is 24.3 Å². The predicted molar refractivity (Wildman–Crippen MR) is 64.9 cm³/mol. The van der Waals surface area contributed by atoms with Crippen LogP contribution < -0.4 is 4.74 Å². The molecule has 84 valence electrons. The number of hydrogen-bond acceptors (Lipinski definition) is 1. The van der Waals surface area contributed by atoms with Crippen molar-refractivity contribution in [3.63, 3.8) is 0 Å². The normalized spacial score (nSPS) is 9.18. The van der Waals surface area contributed by atoms with E-state index in [4.69, 9.17) is 4.74 Å². The van der Waals surface area contributed by atoms with Crippen LogP contribution in [0.15, 0.2) is 48.5 Å². The van der Waals surface area contributed by atoms with Gasteiger partial charge in [-0.1, -0.05) is 6.07 Å². The predicted octanol–water partition coefficient (Wildman–Crippen LogP) is 4.05. The van der Waals surface area contributed by atoms with Crippen LogP contribution in [0, 0.1) is 11.9 Å². The molecule has 17 heavy (non-hydrogen) atoms. The molecule has 0 radical (unpaired) electrons. The molecule has 0 atom stereocenters. The van der Waals surface area contributed by atoms with Crippen LogP contribution in [-0.4, -0.2) is 0 Å². The summed E-state index contributed by atoms with van der Waals surface area (Å²) in [5.74, 6) is 0.261. The topological polar surface area (TPSA) is 9.23 Å². The number of halogens is 2. The molecule has 0 aromatic heterocycles. The Labute approximate surface area is 117 Å². The monoisotopic (exact) mass is 344 g/mol. The molecule has 0 saturated heterocycles. The van der Waals surface area contributed by atoms with Gasteiger partial charge in [0.25, 0.3) is 0 Å². The molecule has 2 rings (SSSR count). The SMILES string of the molecule is Fc1cccc(OCc2cc[c-]cc2)c1.[Zn+][Br]. The van der Waals surface area contributed by atoms with Crippen molar-refractivity contribution in [2.45, 2.75) is 6.61 Å². The van der Waals surface area contributed by atoms with Gasteiger partial charge >= 0.3 is 30.0 Å². The molecule has 0 unspecified atom stereocenters. The minimum atomic E-state index is -0.283. The molecule has 0 aliphatic carbocycles. The van der Waals surface area contributed by atoms with Crippen LogP contribution in [0.3, 0.4) is 0 Å². The van der Waals surface area contributed by atoms with E-state index in [1.165, 1.54) is 28.5 Å². The number of benzene rings is 2. The third kappa shape index (κ3) is 5.42. The van der Waals surface area contributed by atoms with Crippen LogP contribution in [0.4, 0.5) is 4.39 Å². The van der Waals surface area contributed by atoms with E-state index in [0.29, 0.717) is 12.4 Å². The van der Waals surface area contributed by atoms with Crippen molar-refractivity contribution < 1.29 is 25.5 Å². The number of ether oxygens (including phenoxy) is 1. The van der Waals surface area contributed by atoms with Crippen LogP contribution in [-0.2, 0) is 22.9 Å². The quantitative estimate of drug-likeness (QED) is 0.602. The Hall–Kier alpha value is -0.727. The second-order valence-corrected chi connectivity index (χ2v) is 3.15. The maximum absolute atomic E-state index is 12.8. The summed E-state index contributed by atoms with van der Waals surface area (Å²) in [6, 6.07) is 16.5. The first-order chi connectivity index (χ1) is 8.34. The molecule has 0 N–H and O–H groups in total. The molecule has 0 spiro atoms. The zero-order valence-corrected chi connectivity index (χ0v) is 13.8. The van der Waals surface area contributed by atoms with Gasteiger partial charge in [0.05, 0.1) is 6.61 Å². The van der Waals surface area contributed by atoms with E-state index in [9.17, 15) is 4.39 Å². The van der Waals surface area contributed by atoms with Crippen molar-refractivity contribution >= 4 is 13.6 Å². The summed E-state index contributed by atoms with van der Waals surface area (Å²) in [7, 11) is 0. The summed E-state index contributed by atoms with van der Waals surface area (Å²) in [6.07, 6.45) is 0. The van der Waals surface area contributed by atoms with Crippen molar-refractivity contribution in [3.8, 4) is 5.75 Å². The second-order valence-electron chi connectivity index (χ2n) is 3.15. The van der Waals surface area contributed by atoms with Gasteiger partial charge in [-0.25, -0.2) is 4.39 Å². The Morgan fingerprint density at radius 2 is 1.88 bits per heavy atom. The van der Waals surface area contributed by atoms with Gasteiger partial charge in [-0.15, -0.1) is 5.56 Å². The van der Waals surface area contributed by atoms with Gasteiger partial charge in [0.2, 0.25) is 0 Å². The summed E-state index contributed by atoms with van der Waals surface area (Å²) in [6.45, 7) is 0.443. The van der Waals surface area contributed by atoms with Gasteiger partial charge in [0, 0.05) is 6.07 Å². The van der Waals surface area contributed by atoms with Gasteiger partial charge < -0.3 is 4.74 Å². The molecule has 2 aromatic rings. The first kappa shape index (κ1) is 14.3. The molecule has 0 amide bonds. The Morgan fingerprint density at radius 1 is 1.18 bits per heavy atom. The van der Waals surface area contributed by atoms with Crippen LogP contribution in [0.1, 0.15) is 5.56 Å². The Kier molecular flexibility index (Phi) is 7.06. The second kappa shape index (κ2) is 8.38. The van der Waals surface area contributed by atoms with E-state index >= 15 is 0 Å². The molecule has 2 aromatic carbocycles. The van der Waals surface area contributed by atoms with Crippen LogP contribution in [0.5, 0.6) is 5.75 Å². The molecule has 0 bridgehead atoms. The zero-order valence-electron chi connectivity index (χ0n) is 9.20. The van der Waals surface area contributed by atoms with Crippen molar-refractivity contribution in [2.75, 3.05) is 0 Å². The van der Waals surface area contributed by atoms with Gasteiger partial charge in [-0.3, -0.25) is 0 Å². The number of hydrogen-bond donors (Lipinski definition) is 0. The Balaban J connectivity index is 0.000000686. The first-order valence-corrected chi connectivity index (χ1v) is 11.9. The van der Waals surface area contributed by atoms with Crippen LogP contribution in [0.25, 0.3) is 0 Å². The van der Waals surface area contributed by atoms with Crippen molar-refractivity contribution in [1.29, 1.82) is 0 Å². The third-order valence-corrected chi connectivity index (χ3v) is 1.99. The van der Waals surface area contributed by atoms with Gasteiger partial charge in [-0.05, 0) is 12.1 Å². The van der Waals surface area contributed by atoms with Gasteiger partial charge in [0.15, 0.2) is 0 Å². The summed E-state index contributed by atoms with van der Waals surface area (Å²) in [5, 5.41) is 0. The summed E-state index contributed by atoms with van der Waals surface area (Å²) in [4.78, 5) is 0. The van der Waals surface area contributed by atoms with E-state index in [2.05, 4.69) is 19.7 Å². The fourth-order valence-corrected chi connectivity index (χ4v) is 1.24. The molecule has 1 nitrogen and oxygen atoms in total. The molecule has 4 heteroatoms. The average molecular weight is 347 g/mol. The fraction of sp³-hybridized carbons (Fsp3) is 0.0769. The van der Waals surface area contributed by atoms with E-state index in [1.54, 1.807) is 12.1 Å². The Bertz CT molecular complexity index is 436. The summed E-state index contributed by atoms with van der Waals surface area (Å²) >= 11 is 4.25. The van der Waals surface area contributed by atoms with E-state index in [-0.39, 0.29) is 5.82 Å². The standard InChI is InChI=1S/C13H10FO.BrH.Zn/c14-12-7-4-8-13(9-12)15-10-11-5-2-1-3-6-11;;/h2-9H,10H2;1H;/q-1;;+2/p-1. The summed E-state index contributed by atoms with van der Waals surface area (Å²) in [5.41, 5.74) is 1.04. The third-order valence-electron chi connectivity index (χ3n) is 1.99. The van der Waals surface area contributed by atoms with E-state index in [0.717, 1.165) is 5.56 Å². The maximum atomic E-state index is 12.8. The van der Waals surface area contributed by atoms with Gasteiger partial charge in [-0.2, -0.15) is 30.3 Å². The molecular formula is C13H10BrFOZn. The van der Waals surface area contributed by atoms with Crippen molar-refractivity contribution in [1.82, 2.24) is 0 Å². The van der Waals surface area contributed by atoms with Gasteiger partial charge in [0.1, 0.15) is 11.6 Å². The molecule has 0 aliphatic heterocycles. The molecule has 0 heterocycles. The minimum absolute atomic E-state index is 0.283. The Morgan fingerprint density at radius 3 is 2.53 bits per heavy atom. The molecule has 0 saturated carbocycles. The average Bonchev–Trinajstić information content (AvgIpc) is 2.40. The van der Waals surface area contributed by atoms with Crippen molar-refractivity contribution in [2.24, 2.45) is 0 Å². The first-order valence-electron chi connectivity index (χ1n) is 4.95. The number of rotatable bonds is 3. The van der Waals surface area contributed by atoms with E-state index < -0.39 is 0 Å². The molecule has 0 fully saturated rings. The van der Waals surface area contributed by atoms with Crippen LogP contribution >= 0.6 is 13.6 Å².